The van der Waals surface area contributed by atoms with E-state index in [1.165, 1.54) is 61.6 Å². The molecule has 3 unspecified atom stereocenters. The highest BCUT2D eigenvalue weighted by Gasteiger charge is 2.40. The number of unbranched alkanes of at least 4 members (excludes halogenated alkanes) is 1. The number of aryl methyl sites for hydroxylation is 1. The number of aliphatic hydroxyl groups excluding tert-OH is 1. The van der Waals surface area contributed by atoms with Crippen LogP contribution < -0.4 is 5.73 Å². The van der Waals surface area contributed by atoms with E-state index >= 15 is 0 Å². The second-order valence-corrected chi connectivity index (χ2v) is 9.37. The number of aliphatic hydroxyl groups is 1. The second kappa shape index (κ2) is 8.23. The van der Waals surface area contributed by atoms with Gasteiger partial charge >= 0.3 is 0 Å². The van der Waals surface area contributed by atoms with E-state index < -0.39 is 0 Å². The van der Waals surface area contributed by atoms with Crippen molar-refractivity contribution < 1.29 is 9.84 Å². The Kier molecular flexibility index (Phi) is 5.92. The number of hydrogen-bond donors (Lipinski definition) is 2. The van der Waals surface area contributed by atoms with E-state index in [4.69, 9.17) is 10.5 Å². The average molecular weight is 372 g/mol. The normalized spacial score (nSPS) is 36.1. The molecule has 1 saturated carbocycles. The Morgan fingerprint density at radius 1 is 1.19 bits per heavy atom. The molecule has 150 valence electrons. The molecular weight excluding hydrogens is 334 g/mol. The van der Waals surface area contributed by atoms with Crippen LogP contribution in [0.15, 0.2) is 18.2 Å². The van der Waals surface area contributed by atoms with Gasteiger partial charge in [0.25, 0.3) is 0 Å². The van der Waals surface area contributed by atoms with Gasteiger partial charge in [-0.2, -0.15) is 0 Å². The molecule has 1 saturated heterocycles. The molecule has 27 heavy (non-hydrogen) atoms. The summed E-state index contributed by atoms with van der Waals surface area (Å²) >= 11 is 0. The van der Waals surface area contributed by atoms with Crippen LogP contribution in [0, 0.1) is 5.92 Å². The summed E-state index contributed by atoms with van der Waals surface area (Å²) in [5.41, 5.74) is 10.9. The molecule has 0 bridgehead atoms. The fourth-order valence-electron chi connectivity index (χ4n) is 5.86. The van der Waals surface area contributed by atoms with Crippen LogP contribution in [-0.4, -0.2) is 29.5 Å². The Morgan fingerprint density at radius 3 is 2.85 bits per heavy atom. The van der Waals surface area contributed by atoms with Crippen molar-refractivity contribution in [1.82, 2.24) is 0 Å². The predicted octanol–water partition coefficient (Wildman–Crippen LogP) is 4.49. The summed E-state index contributed by atoms with van der Waals surface area (Å²) < 4.78 is 6.70. The standard InChI is InChI=1S/C24H37NO2/c1-2-3-5-21-6-4-12-24(27-21)13-11-17-14-18(7-8-19(17)15-24)22-10-9-20(16-26)23(22)25/h7-8,14,20-23,26H,2-6,9-13,15-16,25H2,1H3/t20-,21?,22-,23?,24?/m1/s1. The van der Waals surface area contributed by atoms with Gasteiger partial charge in [0, 0.05) is 19.1 Å². The van der Waals surface area contributed by atoms with E-state index in [-0.39, 0.29) is 24.2 Å². The summed E-state index contributed by atoms with van der Waals surface area (Å²) in [6.07, 6.45) is 13.6. The van der Waals surface area contributed by atoms with Gasteiger partial charge < -0.3 is 15.6 Å². The lowest BCUT2D eigenvalue weighted by molar-refractivity contribution is -0.137. The minimum atomic E-state index is 0.0942. The van der Waals surface area contributed by atoms with Gasteiger partial charge in [-0.3, -0.25) is 0 Å². The molecule has 0 aromatic heterocycles. The molecule has 1 aromatic rings. The topological polar surface area (TPSA) is 55.5 Å². The van der Waals surface area contributed by atoms with Crippen molar-refractivity contribution in [2.45, 2.75) is 101 Å². The van der Waals surface area contributed by atoms with Gasteiger partial charge in [-0.1, -0.05) is 38.0 Å². The van der Waals surface area contributed by atoms with Crippen molar-refractivity contribution in [2.24, 2.45) is 11.7 Å². The molecule has 0 radical (unpaired) electrons. The van der Waals surface area contributed by atoms with Crippen molar-refractivity contribution in [1.29, 1.82) is 0 Å². The van der Waals surface area contributed by atoms with E-state index in [9.17, 15) is 5.11 Å². The summed E-state index contributed by atoms with van der Waals surface area (Å²) in [6.45, 7) is 2.49. The number of ether oxygens (including phenoxy) is 1. The summed E-state index contributed by atoms with van der Waals surface area (Å²) in [5.74, 6) is 0.678. The maximum atomic E-state index is 9.52. The van der Waals surface area contributed by atoms with Crippen molar-refractivity contribution in [3.8, 4) is 0 Å². The molecule has 2 aliphatic carbocycles. The van der Waals surface area contributed by atoms with Crippen molar-refractivity contribution in [3.05, 3.63) is 34.9 Å². The lowest BCUT2D eigenvalue weighted by Gasteiger charge is -2.44. The van der Waals surface area contributed by atoms with E-state index in [0.717, 1.165) is 25.7 Å². The average Bonchev–Trinajstić information content (AvgIpc) is 3.06. The van der Waals surface area contributed by atoms with Crippen LogP contribution in [-0.2, 0) is 17.6 Å². The molecule has 2 fully saturated rings. The monoisotopic (exact) mass is 371 g/mol. The smallest absolute Gasteiger partial charge is 0.0729 e. The second-order valence-electron chi connectivity index (χ2n) is 9.37. The van der Waals surface area contributed by atoms with Gasteiger partial charge in [-0.05, 0) is 79.9 Å². The molecule has 3 heteroatoms. The van der Waals surface area contributed by atoms with Crippen LogP contribution in [0.4, 0.5) is 0 Å². The molecule has 0 amide bonds. The highest BCUT2D eigenvalue weighted by molar-refractivity contribution is 5.38. The van der Waals surface area contributed by atoms with Crippen molar-refractivity contribution in [3.63, 3.8) is 0 Å². The summed E-state index contributed by atoms with van der Waals surface area (Å²) in [7, 11) is 0. The molecular formula is C24H37NO2. The van der Waals surface area contributed by atoms with E-state index in [1.54, 1.807) is 0 Å². The molecule has 5 atom stereocenters. The van der Waals surface area contributed by atoms with Gasteiger partial charge in [-0.15, -0.1) is 0 Å². The molecule has 1 aliphatic heterocycles. The predicted molar refractivity (Wildman–Crippen MR) is 110 cm³/mol. The van der Waals surface area contributed by atoms with E-state index in [0.29, 0.717) is 12.0 Å². The minimum Gasteiger partial charge on any atom is -0.396 e. The van der Waals surface area contributed by atoms with Crippen LogP contribution in [0.1, 0.15) is 87.3 Å². The van der Waals surface area contributed by atoms with Gasteiger partial charge in [-0.25, -0.2) is 0 Å². The molecule has 4 rings (SSSR count). The molecule has 1 aromatic carbocycles. The summed E-state index contributed by atoms with van der Waals surface area (Å²) in [4.78, 5) is 0. The zero-order valence-electron chi connectivity index (χ0n) is 17.0. The fourth-order valence-corrected chi connectivity index (χ4v) is 5.86. The third kappa shape index (κ3) is 3.97. The van der Waals surface area contributed by atoms with Gasteiger partial charge in [0.15, 0.2) is 0 Å². The fraction of sp³-hybridized carbons (Fsp3) is 0.750. The third-order valence-electron chi connectivity index (χ3n) is 7.57. The number of hydrogen-bond acceptors (Lipinski definition) is 3. The lowest BCUT2D eigenvalue weighted by atomic mass is 9.74. The van der Waals surface area contributed by atoms with Crippen molar-refractivity contribution in [2.75, 3.05) is 6.61 Å². The Hall–Kier alpha value is -0.900. The number of rotatable bonds is 5. The van der Waals surface area contributed by atoms with Crippen LogP contribution in [0.25, 0.3) is 0 Å². The molecule has 3 N–H and O–H groups in total. The maximum Gasteiger partial charge on any atom is 0.0729 e. The third-order valence-corrected chi connectivity index (χ3v) is 7.57. The molecule has 3 nitrogen and oxygen atoms in total. The first-order valence-electron chi connectivity index (χ1n) is 11.3. The first kappa shape index (κ1) is 19.4. The van der Waals surface area contributed by atoms with Crippen LogP contribution in [0.3, 0.4) is 0 Å². The van der Waals surface area contributed by atoms with Crippen molar-refractivity contribution >= 4 is 0 Å². The first-order valence-corrected chi connectivity index (χ1v) is 11.3. The highest BCUT2D eigenvalue weighted by Crippen LogP contribution is 2.43. The lowest BCUT2D eigenvalue weighted by Crippen LogP contribution is -2.45. The zero-order chi connectivity index (χ0) is 18.9. The SMILES string of the molecule is CCCCC1CCCC2(CCc3cc([C@H]4CC[C@H](CO)C4N)ccc3C2)O1. The minimum absolute atomic E-state index is 0.0942. The molecule has 1 spiro atoms. The molecule has 1 heterocycles. The van der Waals surface area contributed by atoms with Crippen LogP contribution in [0.2, 0.25) is 0 Å². The Morgan fingerprint density at radius 2 is 2.07 bits per heavy atom. The summed E-state index contributed by atoms with van der Waals surface area (Å²) in [6, 6.07) is 7.18. The van der Waals surface area contributed by atoms with E-state index in [2.05, 4.69) is 25.1 Å². The molecule has 3 aliphatic rings. The first-order chi connectivity index (χ1) is 13.1. The maximum absolute atomic E-state index is 9.52. The van der Waals surface area contributed by atoms with Gasteiger partial charge in [0.1, 0.15) is 0 Å². The Balaban J connectivity index is 1.46. The van der Waals surface area contributed by atoms with E-state index in [1.807, 2.05) is 0 Å². The Labute approximate surface area is 164 Å². The zero-order valence-corrected chi connectivity index (χ0v) is 17.0. The van der Waals surface area contributed by atoms with Gasteiger partial charge in [0.05, 0.1) is 11.7 Å². The number of nitrogens with two attached hydrogens (primary N) is 1. The Bertz CT molecular complexity index is 645. The largest absolute Gasteiger partial charge is 0.396 e. The highest BCUT2D eigenvalue weighted by atomic mass is 16.5. The summed E-state index contributed by atoms with van der Waals surface area (Å²) in [5, 5.41) is 9.52. The van der Waals surface area contributed by atoms with Crippen LogP contribution >= 0.6 is 0 Å². The number of benzene rings is 1. The van der Waals surface area contributed by atoms with Crippen LogP contribution in [0.5, 0.6) is 0 Å². The number of fused-ring (bicyclic) bond motifs is 1. The quantitative estimate of drug-likeness (QED) is 0.802. The van der Waals surface area contributed by atoms with Gasteiger partial charge in [0.2, 0.25) is 0 Å².